The van der Waals surface area contributed by atoms with Crippen LogP contribution in [0.1, 0.15) is 10.4 Å². The fourth-order valence-electron chi connectivity index (χ4n) is 3.80. The number of H-pyrrole nitrogens is 1. The van der Waals surface area contributed by atoms with E-state index in [1.54, 1.807) is 45.6 Å². The van der Waals surface area contributed by atoms with Crippen molar-refractivity contribution in [1.29, 1.82) is 0 Å². The van der Waals surface area contributed by atoms with Crippen LogP contribution in [0.5, 0.6) is 5.75 Å². The number of amides is 2. The van der Waals surface area contributed by atoms with Gasteiger partial charge in [-0.1, -0.05) is 18.2 Å². The molecule has 0 bridgehead atoms. The molecule has 2 aromatic heterocycles. The van der Waals surface area contributed by atoms with Crippen molar-refractivity contribution in [3.63, 3.8) is 0 Å². The highest BCUT2D eigenvalue weighted by molar-refractivity contribution is 7.90. The Hall–Kier alpha value is -4.45. The first-order chi connectivity index (χ1) is 18.1. The number of nitrogens with zero attached hydrogens (tertiary/aromatic N) is 3. The minimum Gasteiger partial charge on any atom is -0.496 e. The smallest absolute Gasteiger partial charge is 0.411 e. The van der Waals surface area contributed by atoms with Crippen LogP contribution in [-0.2, 0) is 14.6 Å². The van der Waals surface area contributed by atoms with Gasteiger partial charge in [-0.2, -0.15) is 5.10 Å². The summed E-state index contributed by atoms with van der Waals surface area (Å²) in [6.45, 7) is -0.301. The molecule has 0 atom stereocenters. The lowest BCUT2D eigenvalue weighted by Gasteiger charge is -2.16. The van der Waals surface area contributed by atoms with Crippen molar-refractivity contribution in [1.82, 2.24) is 20.1 Å². The number of hydrogen-bond acceptors (Lipinski definition) is 8. The summed E-state index contributed by atoms with van der Waals surface area (Å²) in [6, 6.07) is 14.5. The summed E-state index contributed by atoms with van der Waals surface area (Å²) in [5.41, 5.74) is 3.96. The number of carbonyl (C=O) groups is 2. The van der Waals surface area contributed by atoms with E-state index in [2.05, 4.69) is 20.5 Å². The molecule has 2 aromatic carbocycles. The third kappa shape index (κ3) is 5.92. The number of aromatic amines is 1. The van der Waals surface area contributed by atoms with Crippen molar-refractivity contribution in [3.8, 4) is 28.1 Å². The molecule has 12 heteroatoms. The van der Waals surface area contributed by atoms with Gasteiger partial charge in [0, 0.05) is 43.1 Å². The summed E-state index contributed by atoms with van der Waals surface area (Å²) in [4.78, 5) is 31.1. The van der Waals surface area contributed by atoms with Gasteiger partial charge in [0.15, 0.2) is 15.5 Å². The molecule has 0 saturated carbocycles. The van der Waals surface area contributed by atoms with Gasteiger partial charge in [-0.25, -0.2) is 18.2 Å². The zero-order chi connectivity index (χ0) is 27.4. The van der Waals surface area contributed by atoms with Crippen LogP contribution in [0.15, 0.2) is 54.7 Å². The average Bonchev–Trinajstić information content (AvgIpc) is 3.30. The number of carbonyl (C=O) groups excluding carboxylic acids is 2. The summed E-state index contributed by atoms with van der Waals surface area (Å²) in [5.74, 6) is 0.0370. The summed E-state index contributed by atoms with van der Waals surface area (Å²) < 4.78 is 33.0. The molecule has 2 amide bonds. The molecule has 4 aromatic rings. The van der Waals surface area contributed by atoms with Crippen LogP contribution in [0.2, 0.25) is 0 Å². The number of benzene rings is 2. The van der Waals surface area contributed by atoms with Crippen molar-refractivity contribution in [3.05, 3.63) is 60.3 Å². The second-order valence-electron chi connectivity index (χ2n) is 8.74. The number of rotatable bonds is 8. The maximum absolute atomic E-state index is 13.0. The Kier molecular flexibility index (Phi) is 7.62. The Balaban J connectivity index is 1.69. The zero-order valence-corrected chi connectivity index (χ0v) is 22.1. The van der Waals surface area contributed by atoms with E-state index in [1.165, 1.54) is 4.90 Å². The van der Waals surface area contributed by atoms with Crippen molar-refractivity contribution in [2.24, 2.45) is 0 Å². The quantitative estimate of drug-likeness (QED) is 0.347. The van der Waals surface area contributed by atoms with E-state index in [9.17, 15) is 18.0 Å². The van der Waals surface area contributed by atoms with Crippen LogP contribution in [0.25, 0.3) is 33.4 Å². The number of nitrogens with one attached hydrogen (secondary N) is 2. The predicted octanol–water partition coefficient (Wildman–Crippen LogP) is 3.60. The van der Waals surface area contributed by atoms with Gasteiger partial charge in [-0.05, 0) is 35.9 Å². The number of pyridine rings is 1. The van der Waals surface area contributed by atoms with Crippen LogP contribution in [0.3, 0.4) is 0 Å². The van der Waals surface area contributed by atoms with Gasteiger partial charge >= 0.3 is 6.09 Å². The molecule has 0 aliphatic carbocycles. The van der Waals surface area contributed by atoms with Crippen molar-refractivity contribution in [2.75, 3.05) is 45.1 Å². The zero-order valence-electron chi connectivity index (χ0n) is 21.3. The number of methoxy groups -OCH3 is 1. The first kappa shape index (κ1) is 26.6. The molecule has 0 radical (unpaired) electrons. The lowest BCUT2D eigenvalue weighted by Crippen LogP contribution is -2.25. The first-order valence-electron chi connectivity index (χ1n) is 11.5. The predicted molar refractivity (Wildman–Crippen MR) is 144 cm³/mol. The van der Waals surface area contributed by atoms with E-state index in [-0.39, 0.29) is 29.5 Å². The molecule has 0 aliphatic heterocycles. The molecule has 2 heterocycles. The van der Waals surface area contributed by atoms with Gasteiger partial charge in [0.1, 0.15) is 12.4 Å². The Labute approximate surface area is 219 Å². The van der Waals surface area contributed by atoms with Gasteiger partial charge in [-0.3, -0.25) is 15.2 Å². The van der Waals surface area contributed by atoms with Crippen LogP contribution in [-0.4, -0.2) is 80.3 Å². The summed E-state index contributed by atoms with van der Waals surface area (Å²) in [7, 11) is 1.51. The molecule has 0 unspecified atom stereocenters. The Morgan fingerprint density at radius 1 is 1.08 bits per heavy atom. The number of para-hydroxylation sites is 1. The van der Waals surface area contributed by atoms with Gasteiger partial charge in [0.25, 0.3) is 5.91 Å². The fourth-order valence-corrected chi connectivity index (χ4v) is 4.18. The molecule has 4 rings (SSSR count). The van der Waals surface area contributed by atoms with Crippen LogP contribution >= 0.6 is 0 Å². The molecule has 0 fully saturated rings. The van der Waals surface area contributed by atoms with Gasteiger partial charge < -0.3 is 14.4 Å². The van der Waals surface area contributed by atoms with Crippen LogP contribution < -0.4 is 10.1 Å². The minimum absolute atomic E-state index is 0.226. The maximum Gasteiger partial charge on any atom is 0.411 e. The van der Waals surface area contributed by atoms with E-state index in [0.717, 1.165) is 28.5 Å². The van der Waals surface area contributed by atoms with Gasteiger partial charge in [0.05, 0.1) is 29.8 Å². The second-order valence-corrected chi connectivity index (χ2v) is 11.0. The number of fused-ring (bicyclic) bond motifs is 1. The Morgan fingerprint density at radius 2 is 1.84 bits per heavy atom. The summed E-state index contributed by atoms with van der Waals surface area (Å²) in [6.07, 6.45) is 1.84. The highest BCUT2D eigenvalue weighted by Gasteiger charge is 2.19. The molecule has 0 aliphatic rings. The summed E-state index contributed by atoms with van der Waals surface area (Å²) >= 11 is 0. The Morgan fingerprint density at radius 3 is 2.55 bits per heavy atom. The Bertz CT molecular complexity index is 1610. The first-order valence-corrected chi connectivity index (χ1v) is 13.6. The SMILES string of the molecule is COc1ccccc1-c1[nH]nc2ncc(-c3ccc(NC(=O)OCCS(C)(=O)=O)c(C(=O)N(C)C)c3)cc12. The van der Waals surface area contributed by atoms with Crippen molar-refractivity contribution < 1.29 is 27.5 Å². The molecule has 0 saturated heterocycles. The molecule has 11 nitrogen and oxygen atoms in total. The topological polar surface area (TPSA) is 144 Å². The third-order valence-electron chi connectivity index (χ3n) is 5.70. The van der Waals surface area contributed by atoms with Crippen LogP contribution in [0.4, 0.5) is 10.5 Å². The van der Waals surface area contributed by atoms with Crippen molar-refractivity contribution >= 4 is 38.6 Å². The summed E-state index contributed by atoms with van der Waals surface area (Å²) in [5, 5.41) is 10.6. The average molecular weight is 538 g/mol. The van der Waals surface area contributed by atoms with E-state index >= 15 is 0 Å². The number of hydrogen-bond donors (Lipinski definition) is 2. The van der Waals surface area contributed by atoms with Gasteiger partial charge in [-0.15, -0.1) is 0 Å². The lowest BCUT2D eigenvalue weighted by molar-refractivity contribution is 0.0828. The largest absolute Gasteiger partial charge is 0.496 e. The van der Waals surface area contributed by atoms with Crippen LogP contribution in [0, 0.1) is 0 Å². The van der Waals surface area contributed by atoms with E-state index in [0.29, 0.717) is 17.0 Å². The molecule has 38 heavy (non-hydrogen) atoms. The number of ether oxygens (including phenoxy) is 2. The number of sulfone groups is 1. The van der Waals surface area contributed by atoms with E-state index in [1.807, 2.05) is 30.3 Å². The maximum atomic E-state index is 13.0. The fraction of sp³-hybridized carbons (Fsp3) is 0.231. The molecule has 0 spiro atoms. The van der Waals surface area contributed by atoms with E-state index in [4.69, 9.17) is 9.47 Å². The van der Waals surface area contributed by atoms with Gasteiger partial charge in [0.2, 0.25) is 0 Å². The molecule has 198 valence electrons. The van der Waals surface area contributed by atoms with E-state index < -0.39 is 15.9 Å². The lowest BCUT2D eigenvalue weighted by atomic mass is 10.0. The molecular formula is C26H27N5O6S. The normalized spacial score (nSPS) is 11.3. The second kappa shape index (κ2) is 10.9. The highest BCUT2D eigenvalue weighted by Crippen LogP contribution is 2.35. The van der Waals surface area contributed by atoms with Crippen molar-refractivity contribution in [2.45, 2.75) is 0 Å². The highest BCUT2D eigenvalue weighted by atomic mass is 32.2. The minimum atomic E-state index is -3.28. The monoisotopic (exact) mass is 537 g/mol. The standard InChI is InChI=1S/C26H27N5O6S/c1-31(2)25(32)19-13-16(9-10-21(19)28-26(33)37-11-12-38(4,34)35)17-14-20-23(29-30-24(20)27-15-17)18-7-5-6-8-22(18)36-3/h5-10,13-15H,11-12H2,1-4H3,(H,28,33)(H,27,29,30). The molecular weight excluding hydrogens is 510 g/mol. The molecule has 2 N–H and O–H groups in total. The number of aromatic nitrogens is 3. The third-order valence-corrected chi connectivity index (χ3v) is 6.61. The number of anilines is 1.